The van der Waals surface area contributed by atoms with Gasteiger partial charge >= 0.3 is 5.97 Å². The number of hydrogen-bond acceptors (Lipinski definition) is 2. The summed E-state index contributed by atoms with van der Waals surface area (Å²) in [4.78, 5) is 23.6. The monoisotopic (exact) mass is 293 g/mol. The predicted octanol–water partition coefficient (Wildman–Crippen LogP) is 2.90. The van der Waals surface area contributed by atoms with Crippen LogP contribution in [0.4, 0.5) is 4.39 Å². The largest absolute Gasteiger partial charge is 0.481 e. The summed E-state index contributed by atoms with van der Waals surface area (Å²) in [6.07, 6.45) is 3.87. The van der Waals surface area contributed by atoms with Crippen LogP contribution in [0.3, 0.4) is 0 Å². The molecule has 2 N–H and O–H groups in total. The third-order valence-electron chi connectivity index (χ3n) is 4.02. The number of carboxylic acid groups (broad SMARTS) is 1. The third kappa shape index (κ3) is 3.80. The first kappa shape index (κ1) is 15.5. The summed E-state index contributed by atoms with van der Waals surface area (Å²) in [5, 5.41) is 12.0. The summed E-state index contributed by atoms with van der Waals surface area (Å²) in [7, 11) is 0. The number of nitrogens with one attached hydrogen (secondary N) is 1. The second-order valence-electron chi connectivity index (χ2n) is 5.65. The Kier molecular flexibility index (Phi) is 4.94. The highest BCUT2D eigenvalue weighted by atomic mass is 19.1. The molecule has 0 bridgehead atoms. The molecule has 2 unspecified atom stereocenters. The second kappa shape index (κ2) is 6.70. The highest BCUT2D eigenvalue weighted by Crippen LogP contribution is 2.24. The van der Waals surface area contributed by atoms with Crippen LogP contribution in [-0.4, -0.2) is 23.0 Å². The molecule has 4 nitrogen and oxygen atoms in total. The van der Waals surface area contributed by atoms with Crippen molar-refractivity contribution in [1.82, 2.24) is 5.32 Å². The molecular formula is C16H20FNO3. The first-order chi connectivity index (χ1) is 9.99. The summed E-state index contributed by atoms with van der Waals surface area (Å²) >= 11 is 0. The van der Waals surface area contributed by atoms with Crippen LogP contribution in [0.2, 0.25) is 0 Å². The lowest BCUT2D eigenvalue weighted by molar-refractivity contribution is -0.142. The Hall–Kier alpha value is -1.91. The third-order valence-corrected chi connectivity index (χ3v) is 4.02. The number of amides is 1. The van der Waals surface area contributed by atoms with Crippen molar-refractivity contribution in [3.63, 3.8) is 0 Å². The van der Waals surface area contributed by atoms with Crippen LogP contribution >= 0.6 is 0 Å². The summed E-state index contributed by atoms with van der Waals surface area (Å²) in [5.41, 5.74) is 0.764. The molecule has 0 heterocycles. The molecule has 1 aliphatic carbocycles. The average Bonchev–Trinajstić information content (AvgIpc) is 2.67. The average molecular weight is 293 g/mol. The Morgan fingerprint density at radius 2 is 1.95 bits per heavy atom. The van der Waals surface area contributed by atoms with E-state index in [1.165, 1.54) is 12.1 Å². The molecule has 0 saturated heterocycles. The normalized spacial score (nSPS) is 22.4. The van der Waals surface area contributed by atoms with E-state index < -0.39 is 29.7 Å². The van der Waals surface area contributed by atoms with Crippen molar-refractivity contribution < 1.29 is 19.1 Å². The van der Waals surface area contributed by atoms with Crippen molar-refractivity contribution in [3.05, 3.63) is 35.1 Å². The molecule has 1 aromatic carbocycles. The second-order valence-corrected chi connectivity index (χ2v) is 5.65. The van der Waals surface area contributed by atoms with Crippen molar-refractivity contribution in [1.29, 1.82) is 0 Å². The van der Waals surface area contributed by atoms with Crippen molar-refractivity contribution in [2.45, 2.75) is 45.1 Å². The van der Waals surface area contributed by atoms with E-state index in [0.29, 0.717) is 12.8 Å². The van der Waals surface area contributed by atoms with Crippen LogP contribution in [0, 0.1) is 18.7 Å². The fourth-order valence-electron chi connectivity index (χ4n) is 2.84. The molecule has 2 rings (SSSR count). The first-order valence-corrected chi connectivity index (χ1v) is 7.29. The minimum absolute atomic E-state index is 0.0246. The van der Waals surface area contributed by atoms with Gasteiger partial charge in [-0.2, -0.15) is 0 Å². The van der Waals surface area contributed by atoms with Crippen LogP contribution < -0.4 is 5.32 Å². The van der Waals surface area contributed by atoms with Crippen molar-refractivity contribution in [2.24, 2.45) is 5.92 Å². The van der Waals surface area contributed by atoms with E-state index in [0.717, 1.165) is 24.8 Å². The van der Waals surface area contributed by atoms with Gasteiger partial charge in [0.05, 0.1) is 11.5 Å². The van der Waals surface area contributed by atoms with Crippen molar-refractivity contribution in [2.75, 3.05) is 0 Å². The van der Waals surface area contributed by atoms with Gasteiger partial charge in [0, 0.05) is 6.04 Å². The Morgan fingerprint density at radius 3 is 2.67 bits per heavy atom. The lowest BCUT2D eigenvalue weighted by atomic mass is 9.94. The molecule has 1 fully saturated rings. The summed E-state index contributed by atoms with van der Waals surface area (Å²) in [6, 6.07) is 3.90. The zero-order chi connectivity index (χ0) is 15.4. The van der Waals surface area contributed by atoms with Crippen molar-refractivity contribution >= 4 is 11.9 Å². The zero-order valence-electron chi connectivity index (χ0n) is 12.1. The smallest absolute Gasteiger partial charge is 0.308 e. The molecule has 0 aliphatic heterocycles. The number of aliphatic carboxylic acids is 1. The molecule has 2 atom stereocenters. The molecule has 1 saturated carbocycles. The summed E-state index contributed by atoms with van der Waals surface area (Å²) < 4.78 is 13.7. The van der Waals surface area contributed by atoms with Crippen molar-refractivity contribution in [3.8, 4) is 0 Å². The highest BCUT2D eigenvalue weighted by molar-refractivity contribution is 5.95. The maximum absolute atomic E-state index is 13.7. The number of carbonyl (C=O) groups excluding carboxylic acids is 1. The quantitative estimate of drug-likeness (QED) is 0.842. The van der Waals surface area contributed by atoms with Gasteiger partial charge in [-0.15, -0.1) is 0 Å². The van der Waals surface area contributed by atoms with Gasteiger partial charge in [0.15, 0.2) is 0 Å². The standard InChI is InChI=1S/C16H20FNO3/c1-10-7-8-13(17)12(9-10)15(19)18-14-6-4-2-3-5-11(14)16(20)21/h7-9,11,14H,2-6H2,1H3,(H,18,19)(H,20,21). The minimum atomic E-state index is -0.896. The number of hydrogen-bond donors (Lipinski definition) is 2. The van der Waals surface area contributed by atoms with Crippen LogP contribution in [-0.2, 0) is 4.79 Å². The molecular weight excluding hydrogens is 273 g/mol. The Morgan fingerprint density at radius 1 is 1.24 bits per heavy atom. The molecule has 0 aromatic heterocycles. The Bertz CT molecular complexity index is 544. The number of benzene rings is 1. The number of carboxylic acids is 1. The highest BCUT2D eigenvalue weighted by Gasteiger charge is 2.31. The lowest BCUT2D eigenvalue weighted by Crippen LogP contribution is -2.43. The maximum Gasteiger partial charge on any atom is 0.308 e. The lowest BCUT2D eigenvalue weighted by Gasteiger charge is -2.23. The van der Waals surface area contributed by atoms with Crippen LogP contribution in [0.5, 0.6) is 0 Å². The van der Waals surface area contributed by atoms with Crippen LogP contribution in [0.1, 0.15) is 48.0 Å². The molecule has 5 heteroatoms. The Balaban J connectivity index is 2.16. The molecule has 21 heavy (non-hydrogen) atoms. The fraction of sp³-hybridized carbons (Fsp3) is 0.500. The molecule has 1 aromatic rings. The van der Waals surface area contributed by atoms with Gasteiger partial charge in [0.2, 0.25) is 0 Å². The van der Waals surface area contributed by atoms with Gasteiger partial charge in [0.1, 0.15) is 5.82 Å². The van der Waals surface area contributed by atoms with Gasteiger partial charge in [-0.25, -0.2) is 4.39 Å². The predicted molar refractivity (Wildman–Crippen MR) is 76.6 cm³/mol. The van der Waals surface area contributed by atoms with Crippen LogP contribution in [0.15, 0.2) is 18.2 Å². The molecule has 1 aliphatic rings. The minimum Gasteiger partial charge on any atom is -0.481 e. The van der Waals surface area contributed by atoms with Gasteiger partial charge in [0.25, 0.3) is 5.91 Å². The number of rotatable bonds is 3. The number of halogens is 1. The summed E-state index contributed by atoms with van der Waals surface area (Å²) in [6.45, 7) is 1.78. The molecule has 0 radical (unpaired) electrons. The van der Waals surface area contributed by atoms with Crippen LogP contribution in [0.25, 0.3) is 0 Å². The summed E-state index contributed by atoms with van der Waals surface area (Å²) in [5.74, 6) is -2.61. The van der Waals surface area contributed by atoms with E-state index in [-0.39, 0.29) is 5.56 Å². The molecule has 1 amide bonds. The van der Waals surface area contributed by atoms with E-state index in [9.17, 15) is 19.1 Å². The molecule has 0 spiro atoms. The molecule has 114 valence electrons. The number of carbonyl (C=O) groups is 2. The Labute approximate surface area is 123 Å². The fourth-order valence-corrected chi connectivity index (χ4v) is 2.84. The van der Waals surface area contributed by atoms with E-state index in [4.69, 9.17) is 0 Å². The van der Waals surface area contributed by atoms with E-state index in [2.05, 4.69) is 5.32 Å². The van der Waals surface area contributed by atoms with E-state index in [1.54, 1.807) is 13.0 Å². The topological polar surface area (TPSA) is 66.4 Å². The number of aryl methyl sites for hydroxylation is 1. The van der Waals surface area contributed by atoms with E-state index >= 15 is 0 Å². The van der Waals surface area contributed by atoms with Gasteiger partial charge in [-0.1, -0.05) is 30.9 Å². The van der Waals surface area contributed by atoms with Gasteiger partial charge in [-0.3, -0.25) is 9.59 Å². The maximum atomic E-state index is 13.7. The van der Waals surface area contributed by atoms with E-state index in [1.807, 2.05) is 0 Å². The first-order valence-electron chi connectivity index (χ1n) is 7.29. The SMILES string of the molecule is Cc1ccc(F)c(C(=O)NC2CCCCCC2C(=O)O)c1. The van der Waals surface area contributed by atoms with Gasteiger partial charge < -0.3 is 10.4 Å². The zero-order valence-corrected chi connectivity index (χ0v) is 12.1. The van der Waals surface area contributed by atoms with Gasteiger partial charge in [-0.05, 0) is 31.9 Å².